The molecule has 0 aliphatic carbocycles. The van der Waals surface area contributed by atoms with Crippen LogP contribution in [0.3, 0.4) is 0 Å². The monoisotopic (exact) mass is 508 g/mol. The van der Waals surface area contributed by atoms with Crippen LogP contribution in [0, 0.1) is 5.82 Å². The molecule has 34 heavy (non-hydrogen) atoms. The van der Waals surface area contributed by atoms with Crippen LogP contribution in [0.5, 0.6) is 0 Å². The minimum absolute atomic E-state index is 0.0103. The van der Waals surface area contributed by atoms with Crippen molar-refractivity contribution in [1.29, 1.82) is 0 Å². The number of carbonyl (C=O) groups excluding carboxylic acids is 3. The van der Waals surface area contributed by atoms with Gasteiger partial charge >= 0.3 is 11.9 Å². The zero-order valence-corrected chi connectivity index (χ0v) is 19.9. The molecule has 0 aliphatic heterocycles. The van der Waals surface area contributed by atoms with Crippen molar-refractivity contribution in [3.8, 4) is 0 Å². The molecule has 0 unspecified atom stereocenters. The summed E-state index contributed by atoms with van der Waals surface area (Å²) in [6.45, 7) is -0.209. The van der Waals surface area contributed by atoms with E-state index in [1.807, 2.05) is 0 Å². The highest BCUT2D eigenvalue weighted by molar-refractivity contribution is 7.91. The van der Waals surface area contributed by atoms with E-state index < -0.39 is 33.5 Å². The van der Waals surface area contributed by atoms with Gasteiger partial charge in [0.05, 0.1) is 40.6 Å². The van der Waals surface area contributed by atoms with E-state index in [9.17, 15) is 27.2 Å². The van der Waals surface area contributed by atoms with Crippen molar-refractivity contribution >= 4 is 49.2 Å². The van der Waals surface area contributed by atoms with Crippen molar-refractivity contribution in [2.75, 3.05) is 20.0 Å². The molecule has 1 amide bonds. The van der Waals surface area contributed by atoms with Crippen LogP contribution >= 0.6 is 11.3 Å². The van der Waals surface area contributed by atoms with Crippen LogP contribution < -0.4 is 4.80 Å². The molecular weight excluding hydrogens is 487 g/mol. The summed E-state index contributed by atoms with van der Waals surface area (Å²) in [6.07, 6.45) is -0.142. The smallest absolute Gasteiger partial charge is 0.337 e. The zero-order chi connectivity index (χ0) is 24.9. The number of esters is 2. The first-order chi connectivity index (χ1) is 16.1. The number of halogens is 1. The number of benzene rings is 2. The molecular formula is C22H21FN2O7S2. The molecule has 0 radical (unpaired) electrons. The quantitative estimate of drug-likeness (QED) is 0.339. The molecule has 180 valence electrons. The molecule has 0 saturated carbocycles. The molecule has 0 N–H and O–H groups in total. The van der Waals surface area contributed by atoms with E-state index in [-0.39, 0.29) is 34.8 Å². The maximum Gasteiger partial charge on any atom is 0.337 e. The second kappa shape index (κ2) is 10.7. The van der Waals surface area contributed by atoms with Crippen molar-refractivity contribution < 1.29 is 36.7 Å². The first-order valence-corrected chi connectivity index (χ1v) is 12.5. The van der Waals surface area contributed by atoms with Gasteiger partial charge in [-0.15, -0.1) is 0 Å². The number of sulfone groups is 1. The zero-order valence-electron chi connectivity index (χ0n) is 18.3. The van der Waals surface area contributed by atoms with Crippen LogP contribution in [0.1, 0.15) is 23.2 Å². The van der Waals surface area contributed by atoms with Crippen LogP contribution in [0.25, 0.3) is 10.2 Å². The van der Waals surface area contributed by atoms with Gasteiger partial charge in [-0.05, 0) is 48.9 Å². The molecule has 0 spiro atoms. The largest absolute Gasteiger partial charge is 0.468 e. The van der Waals surface area contributed by atoms with Crippen molar-refractivity contribution in [2.24, 2.45) is 4.99 Å². The Morgan fingerprint density at radius 1 is 1.06 bits per heavy atom. The first-order valence-electron chi connectivity index (χ1n) is 9.99. The number of aromatic nitrogens is 1. The lowest BCUT2D eigenvalue weighted by atomic mass is 10.2. The van der Waals surface area contributed by atoms with Gasteiger partial charge in [-0.1, -0.05) is 11.3 Å². The molecule has 0 atom stereocenters. The number of ether oxygens (including phenoxy) is 2. The predicted octanol–water partition coefficient (Wildman–Crippen LogP) is 2.48. The van der Waals surface area contributed by atoms with Crippen molar-refractivity contribution in [3.63, 3.8) is 0 Å². The van der Waals surface area contributed by atoms with Crippen LogP contribution in [0.15, 0.2) is 52.4 Å². The fourth-order valence-electron chi connectivity index (χ4n) is 3.09. The summed E-state index contributed by atoms with van der Waals surface area (Å²) >= 11 is 1.09. The van der Waals surface area contributed by atoms with E-state index in [4.69, 9.17) is 9.47 Å². The maximum absolute atomic E-state index is 13.0. The van der Waals surface area contributed by atoms with Gasteiger partial charge in [0.2, 0.25) is 5.91 Å². The van der Waals surface area contributed by atoms with Gasteiger partial charge < -0.3 is 14.0 Å². The van der Waals surface area contributed by atoms with Gasteiger partial charge in [0.15, 0.2) is 14.6 Å². The summed E-state index contributed by atoms with van der Waals surface area (Å²) in [5.74, 6) is -2.53. The number of hydrogen-bond donors (Lipinski definition) is 0. The summed E-state index contributed by atoms with van der Waals surface area (Å²) in [4.78, 5) is 40.4. The fraction of sp³-hybridized carbons (Fsp3) is 0.273. The summed E-state index contributed by atoms with van der Waals surface area (Å²) in [5, 5.41) is 0. The van der Waals surface area contributed by atoms with E-state index in [1.165, 1.54) is 37.0 Å². The van der Waals surface area contributed by atoms with E-state index >= 15 is 0 Å². The van der Waals surface area contributed by atoms with E-state index in [0.29, 0.717) is 15.8 Å². The minimum atomic E-state index is -3.68. The number of amides is 1. The molecule has 0 saturated heterocycles. The fourth-order valence-corrected chi connectivity index (χ4v) is 5.48. The Morgan fingerprint density at radius 2 is 1.76 bits per heavy atom. The number of rotatable bonds is 8. The van der Waals surface area contributed by atoms with Crippen LogP contribution in [0.4, 0.5) is 4.39 Å². The molecule has 3 aromatic rings. The standard InChI is InChI=1S/C22H21FN2O7S2/c1-31-20(27)13-25-17-10-5-14(21(28)32-2)12-18(17)33-22(25)24-19(26)4-3-11-34(29,30)16-8-6-15(23)7-9-16/h5-10,12H,3-4,11,13H2,1-2H3. The highest BCUT2D eigenvalue weighted by Crippen LogP contribution is 2.20. The van der Waals surface area contributed by atoms with Gasteiger partial charge in [-0.3, -0.25) is 9.59 Å². The first kappa shape index (κ1) is 25.2. The second-order valence-corrected chi connectivity index (χ2v) is 10.2. The SMILES string of the molecule is COC(=O)Cn1c(=NC(=O)CCCS(=O)(=O)c2ccc(F)cc2)sc2cc(C(=O)OC)ccc21. The summed E-state index contributed by atoms with van der Waals surface area (Å²) < 4.78 is 49.3. The Hall–Kier alpha value is -3.38. The second-order valence-electron chi connectivity index (χ2n) is 7.10. The third kappa shape index (κ3) is 5.94. The van der Waals surface area contributed by atoms with E-state index in [0.717, 1.165) is 23.5 Å². The third-order valence-corrected chi connectivity index (χ3v) is 7.67. The number of thiazole rings is 1. The Balaban J connectivity index is 1.83. The number of methoxy groups -OCH3 is 2. The number of nitrogens with zero attached hydrogens (tertiary/aromatic N) is 2. The van der Waals surface area contributed by atoms with Gasteiger partial charge in [0, 0.05) is 6.42 Å². The summed E-state index contributed by atoms with van der Waals surface area (Å²) in [7, 11) is -1.19. The maximum atomic E-state index is 13.0. The topological polar surface area (TPSA) is 121 Å². The van der Waals surface area contributed by atoms with Crippen molar-refractivity contribution in [2.45, 2.75) is 24.3 Å². The molecule has 3 rings (SSSR count). The predicted molar refractivity (Wildman–Crippen MR) is 121 cm³/mol. The minimum Gasteiger partial charge on any atom is -0.468 e. The molecule has 0 fully saturated rings. The highest BCUT2D eigenvalue weighted by Gasteiger charge is 2.17. The van der Waals surface area contributed by atoms with Crippen molar-refractivity contribution in [3.05, 3.63) is 58.6 Å². The Kier molecular flexibility index (Phi) is 7.94. The average Bonchev–Trinajstić information content (AvgIpc) is 3.14. The third-order valence-electron chi connectivity index (χ3n) is 4.82. The molecule has 0 aliphatic rings. The van der Waals surface area contributed by atoms with Crippen LogP contribution in [-0.2, 0) is 35.4 Å². The summed E-state index contributed by atoms with van der Waals surface area (Å²) in [5.41, 5.74) is 0.860. The number of carbonyl (C=O) groups is 3. The van der Waals surface area contributed by atoms with Gasteiger partial charge in [0.25, 0.3) is 0 Å². The van der Waals surface area contributed by atoms with E-state index in [2.05, 4.69) is 4.99 Å². The summed E-state index contributed by atoms with van der Waals surface area (Å²) in [6, 6.07) is 9.17. The molecule has 0 bridgehead atoms. The van der Waals surface area contributed by atoms with Gasteiger partial charge in [0.1, 0.15) is 12.4 Å². The van der Waals surface area contributed by atoms with Gasteiger partial charge in [-0.25, -0.2) is 17.6 Å². The number of fused-ring (bicyclic) bond motifs is 1. The normalized spacial score (nSPS) is 12.0. The van der Waals surface area contributed by atoms with Crippen LogP contribution in [-0.4, -0.2) is 50.8 Å². The molecule has 1 heterocycles. The van der Waals surface area contributed by atoms with Crippen molar-refractivity contribution in [1.82, 2.24) is 4.57 Å². The molecule has 1 aromatic heterocycles. The molecule has 12 heteroatoms. The molecule has 2 aromatic carbocycles. The highest BCUT2D eigenvalue weighted by atomic mass is 32.2. The molecule has 9 nitrogen and oxygen atoms in total. The lowest BCUT2D eigenvalue weighted by Crippen LogP contribution is -2.22. The van der Waals surface area contributed by atoms with E-state index in [1.54, 1.807) is 12.1 Å². The Morgan fingerprint density at radius 3 is 2.41 bits per heavy atom. The Bertz CT molecular complexity index is 1410. The lowest BCUT2D eigenvalue weighted by molar-refractivity contribution is -0.141. The lowest BCUT2D eigenvalue weighted by Gasteiger charge is -2.05. The van der Waals surface area contributed by atoms with Gasteiger partial charge in [-0.2, -0.15) is 4.99 Å². The average molecular weight is 509 g/mol. The Labute approximate surface area is 198 Å². The number of hydrogen-bond acceptors (Lipinski definition) is 8. The van der Waals surface area contributed by atoms with Crippen LogP contribution in [0.2, 0.25) is 0 Å².